The van der Waals surface area contributed by atoms with E-state index in [9.17, 15) is 30.7 Å². The van der Waals surface area contributed by atoms with Crippen molar-refractivity contribution in [1.82, 2.24) is 0 Å². The van der Waals surface area contributed by atoms with E-state index in [0.29, 0.717) is 6.07 Å². The van der Waals surface area contributed by atoms with Gasteiger partial charge >= 0.3 is 12.4 Å². The average molecular weight is 305 g/mol. The van der Waals surface area contributed by atoms with Gasteiger partial charge in [-0.2, -0.15) is 26.3 Å². The summed E-state index contributed by atoms with van der Waals surface area (Å²) >= 11 is 0. The number of nitrogens with two attached hydrogens (primary N) is 1. The molecular weight excluding hydrogens is 295 g/mol. The van der Waals surface area contributed by atoms with Gasteiger partial charge in [0.25, 0.3) is 6.10 Å². The Bertz CT molecular complexity index is 453. The fraction of sp³-hybridized carbons (Fsp3) is 0.455. The number of halogens is 7. The van der Waals surface area contributed by atoms with Gasteiger partial charge in [0.2, 0.25) is 0 Å². The highest BCUT2D eigenvalue weighted by Gasteiger charge is 2.59. The number of hydrogen-bond acceptors (Lipinski definition) is 2. The quantitative estimate of drug-likeness (QED) is 0.864. The minimum Gasteiger partial charge on any atom is -0.468 e. The monoisotopic (exact) mass is 305 g/mol. The highest BCUT2D eigenvalue weighted by Crippen LogP contribution is 2.38. The first-order valence-electron chi connectivity index (χ1n) is 5.28. The lowest BCUT2D eigenvalue weighted by Gasteiger charge is -2.25. The molecule has 9 heteroatoms. The smallest absolute Gasteiger partial charge is 0.434 e. The molecule has 0 aliphatic heterocycles. The van der Waals surface area contributed by atoms with Crippen LogP contribution in [0.2, 0.25) is 0 Å². The zero-order chi connectivity index (χ0) is 15.7. The summed E-state index contributed by atoms with van der Waals surface area (Å²) in [4.78, 5) is 0. The minimum absolute atomic E-state index is 0.288. The number of benzene rings is 1. The van der Waals surface area contributed by atoms with Gasteiger partial charge in [0.15, 0.2) is 11.6 Å². The van der Waals surface area contributed by atoms with Gasteiger partial charge in [-0.05, 0) is 13.0 Å². The fourth-order valence-electron chi connectivity index (χ4n) is 1.45. The summed E-state index contributed by atoms with van der Waals surface area (Å²) in [5.41, 5.74) is 5.08. The van der Waals surface area contributed by atoms with E-state index in [1.165, 1.54) is 6.92 Å². The molecule has 1 rings (SSSR count). The zero-order valence-corrected chi connectivity index (χ0v) is 10.0. The van der Waals surface area contributed by atoms with E-state index >= 15 is 0 Å². The molecule has 0 bridgehead atoms. The van der Waals surface area contributed by atoms with Crippen LogP contribution in [-0.2, 0) is 0 Å². The van der Waals surface area contributed by atoms with E-state index in [1.807, 2.05) is 0 Å². The van der Waals surface area contributed by atoms with Crippen LogP contribution in [-0.4, -0.2) is 18.5 Å². The molecule has 0 spiro atoms. The third kappa shape index (κ3) is 3.75. The largest absolute Gasteiger partial charge is 0.468 e. The topological polar surface area (TPSA) is 35.2 Å². The fourth-order valence-corrected chi connectivity index (χ4v) is 1.45. The molecule has 0 fully saturated rings. The van der Waals surface area contributed by atoms with Gasteiger partial charge in [-0.3, -0.25) is 0 Å². The molecule has 0 saturated heterocycles. The van der Waals surface area contributed by atoms with E-state index in [2.05, 4.69) is 4.74 Å². The van der Waals surface area contributed by atoms with E-state index in [1.54, 1.807) is 0 Å². The van der Waals surface area contributed by atoms with Gasteiger partial charge < -0.3 is 10.5 Å². The summed E-state index contributed by atoms with van der Waals surface area (Å²) in [5, 5.41) is 0. The second-order valence-electron chi connectivity index (χ2n) is 4.03. The molecule has 1 atom stereocenters. The standard InChI is InChI=1S/C11H10F7NO/c1-5(19)6-3-2-4-7(12)8(6)20-9(10(13,14)15)11(16,17)18/h2-5,9H,19H2,1H3/t5-/m1/s1. The van der Waals surface area contributed by atoms with Crippen LogP contribution in [0, 0.1) is 5.82 Å². The van der Waals surface area contributed by atoms with Crippen LogP contribution in [0.5, 0.6) is 5.75 Å². The maximum absolute atomic E-state index is 13.4. The maximum Gasteiger partial charge on any atom is 0.434 e. The Morgan fingerprint density at radius 1 is 1.05 bits per heavy atom. The summed E-state index contributed by atoms with van der Waals surface area (Å²) in [5.74, 6) is -2.50. The van der Waals surface area contributed by atoms with Crippen LogP contribution in [0.15, 0.2) is 18.2 Å². The lowest BCUT2D eigenvalue weighted by molar-refractivity contribution is -0.300. The Balaban J connectivity index is 3.25. The first-order valence-corrected chi connectivity index (χ1v) is 5.28. The SMILES string of the molecule is C[C@@H](N)c1cccc(F)c1OC(C(F)(F)F)C(F)(F)F. The number of rotatable bonds is 3. The van der Waals surface area contributed by atoms with Crippen LogP contribution >= 0.6 is 0 Å². The molecule has 0 radical (unpaired) electrons. The van der Waals surface area contributed by atoms with Crippen molar-refractivity contribution in [3.05, 3.63) is 29.6 Å². The predicted octanol–water partition coefficient (Wildman–Crippen LogP) is 3.72. The number of ether oxygens (including phenoxy) is 1. The maximum atomic E-state index is 13.4. The Kier molecular flexibility index (Phi) is 4.52. The molecule has 0 heterocycles. The number of hydrogen-bond donors (Lipinski definition) is 1. The van der Waals surface area contributed by atoms with E-state index in [0.717, 1.165) is 12.1 Å². The van der Waals surface area contributed by atoms with Gasteiger partial charge in [-0.15, -0.1) is 0 Å². The minimum atomic E-state index is -5.73. The molecule has 0 aliphatic rings. The normalized spacial score (nSPS) is 14.5. The van der Waals surface area contributed by atoms with Crippen molar-refractivity contribution in [2.24, 2.45) is 5.73 Å². The average Bonchev–Trinajstić information content (AvgIpc) is 2.23. The zero-order valence-electron chi connectivity index (χ0n) is 10.0. The van der Waals surface area contributed by atoms with Gasteiger partial charge in [0.1, 0.15) is 0 Å². The Morgan fingerprint density at radius 3 is 1.95 bits per heavy atom. The molecule has 0 aliphatic carbocycles. The summed E-state index contributed by atoms with van der Waals surface area (Å²) in [6.45, 7) is 1.28. The van der Waals surface area contributed by atoms with Gasteiger partial charge in [0, 0.05) is 11.6 Å². The predicted molar refractivity (Wildman–Crippen MR) is 55.5 cm³/mol. The molecule has 0 unspecified atom stereocenters. The number of alkyl halides is 6. The van der Waals surface area contributed by atoms with Crippen molar-refractivity contribution in [2.45, 2.75) is 31.4 Å². The van der Waals surface area contributed by atoms with Gasteiger partial charge in [0.05, 0.1) is 0 Å². The summed E-state index contributed by atoms with van der Waals surface area (Å²) in [7, 11) is 0. The highest BCUT2D eigenvalue weighted by atomic mass is 19.4. The van der Waals surface area contributed by atoms with E-state index in [-0.39, 0.29) is 5.56 Å². The van der Waals surface area contributed by atoms with Crippen LogP contribution < -0.4 is 10.5 Å². The first kappa shape index (κ1) is 16.5. The molecule has 2 N–H and O–H groups in total. The van der Waals surface area contributed by atoms with E-state index < -0.39 is 36.1 Å². The van der Waals surface area contributed by atoms with Crippen molar-refractivity contribution in [1.29, 1.82) is 0 Å². The third-order valence-corrected chi connectivity index (χ3v) is 2.32. The first-order chi connectivity index (χ1) is 8.94. The van der Waals surface area contributed by atoms with Crippen LogP contribution in [0.3, 0.4) is 0 Å². The molecule has 0 amide bonds. The molecule has 20 heavy (non-hydrogen) atoms. The summed E-state index contributed by atoms with van der Waals surface area (Å²) in [6, 6.07) is 1.89. The lowest BCUT2D eigenvalue weighted by Crippen LogP contribution is -2.47. The van der Waals surface area contributed by atoms with Crippen molar-refractivity contribution in [2.75, 3.05) is 0 Å². The van der Waals surface area contributed by atoms with Gasteiger partial charge in [-0.25, -0.2) is 4.39 Å². The van der Waals surface area contributed by atoms with Crippen LogP contribution in [0.25, 0.3) is 0 Å². The van der Waals surface area contributed by atoms with E-state index in [4.69, 9.17) is 5.73 Å². The Labute approximate surface area is 109 Å². The molecule has 1 aromatic carbocycles. The molecule has 2 nitrogen and oxygen atoms in total. The Morgan fingerprint density at radius 2 is 1.55 bits per heavy atom. The molecule has 114 valence electrons. The van der Waals surface area contributed by atoms with Crippen molar-refractivity contribution >= 4 is 0 Å². The molecular formula is C11H10F7NO. The Hall–Kier alpha value is -1.51. The third-order valence-electron chi connectivity index (χ3n) is 2.32. The molecule has 0 saturated carbocycles. The molecule has 0 aromatic heterocycles. The summed E-state index contributed by atoms with van der Waals surface area (Å²) < 4.78 is 91.5. The second-order valence-corrected chi connectivity index (χ2v) is 4.03. The lowest BCUT2D eigenvalue weighted by atomic mass is 10.1. The van der Waals surface area contributed by atoms with Crippen molar-refractivity contribution in [3.63, 3.8) is 0 Å². The molecule has 1 aromatic rings. The summed E-state index contributed by atoms with van der Waals surface area (Å²) in [6.07, 6.45) is -15.6. The van der Waals surface area contributed by atoms with Gasteiger partial charge in [-0.1, -0.05) is 12.1 Å². The van der Waals surface area contributed by atoms with Crippen LogP contribution in [0.1, 0.15) is 18.5 Å². The highest BCUT2D eigenvalue weighted by molar-refractivity contribution is 5.37. The number of para-hydroxylation sites is 1. The van der Waals surface area contributed by atoms with Crippen LogP contribution in [0.4, 0.5) is 30.7 Å². The van der Waals surface area contributed by atoms with Crippen molar-refractivity contribution < 1.29 is 35.5 Å². The van der Waals surface area contributed by atoms with Crippen molar-refractivity contribution in [3.8, 4) is 5.75 Å². The second kappa shape index (κ2) is 5.47.